The monoisotopic (exact) mass is 415 g/mol. The minimum Gasteiger partial charge on any atom is -0.385 e. The Kier molecular flexibility index (Phi) is 8.52. The number of hydrogen-bond acceptors (Lipinski definition) is 5. The van der Waals surface area contributed by atoms with E-state index in [0.29, 0.717) is 19.1 Å². The maximum Gasteiger partial charge on any atom is 0.214 e. The Bertz CT molecular complexity index is 719. The smallest absolute Gasteiger partial charge is 0.214 e. The minimum absolute atomic E-state index is 0.0267. The molecule has 1 aliphatic rings. The molecule has 6 nitrogen and oxygen atoms in total. The van der Waals surface area contributed by atoms with Gasteiger partial charge in [-0.3, -0.25) is 0 Å². The number of sulfonamides is 1. The van der Waals surface area contributed by atoms with Crippen molar-refractivity contribution >= 4 is 21.4 Å². The molecule has 1 aromatic rings. The van der Waals surface area contributed by atoms with E-state index in [2.05, 4.69) is 10.0 Å². The molecule has 160 valence electrons. The summed E-state index contributed by atoms with van der Waals surface area (Å²) in [5, 5.41) is 2.94. The Labute approximate surface area is 168 Å². The lowest BCUT2D eigenvalue weighted by atomic mass is 9.86. The lowest BCUT2D eigenvalue weighted by Crippen LogP contribution is -2.41. The van der Waals surface area contributed by atoms with E-state index >= 15 is 0 Å². The molecule has 0 saturated heterocycles. The molecule has 0 atom stereocenters. The number of methoxy groups -OCH3 is 1. The van der Waals surface area contributed by atoms with Gasteiger partial charge in [0.2, 0.25) is 10.0 Å². The molecule has 0 unspecified atom stereocenters. The molecule has 2 rings (SSSR count). The van der Waals surface area contributed by atoms with Gasteiger partial charge >= 0.3 is 0 Å². The molecule has 0 bridgehead atoms. The highest BCUT2D eigenvalue weighted by Gasteiger charge is 2.26. The highest BCUT2D eigenvalue weighted by molar-refractivity contribution is 7.90. The number of halogens is 1. The number of hydrogen-bond donors (Lipinski definition) is 2. The van der Waals surface area contributed by atoms with Crippen LogP contribution in [0.4, 0.5) is 15.8 Å². The van der Waals surface area contributed by atoms with E-state index in [4.69, 9.17) is 4.74 Å². The molecule has 28 heavy (non-hydrogen) atoms. The number of anilines is 2. The number of rotatable bonds is 10. The predicted octanol–water partition coefficient (Wildman–Crippen LogP) is 3.21. The first kappa shape index (κ1) is 22.9. The molecule has 0 aromatic heterocycles. The van der Waals surface area contributed by atoms with E-state index in [9.17, 15) is 12.8 Å². The first-order chi connectivity index (χ1) is 13.2. The van der Waals surface area contributed by atoms with Gasteiger partial charge in [-0.25, -0.2) is 17.5 Å². The van der Waals surface area contributed by atoms with Gasteiger partial charge in [-0.05, 0) is 63.6 Å². The third-order valence-electron chi connectivity index (χ3n) is 5.35. The zero-order chi connectivity index (χ0) is 20.7. The van der Waals surface area contributed by atoms with Gasteiger partial charge in [-0.1, -0.05) is 0 Å². The normalized spacial score (nSPS) is 20.4. The molecule has 0 amide bonds. The van der Waals surface area contributed by atoms with Crippen molar-refractivity contribution < 1.29 is 17.5 Å². The molecule has 1 aliphatic carbocycles. The summed E-state index contributed by atoms with van der Waals surface area (Å²) in [4.78, 5) is 1.96. The van der Waals surface area contributed by atoms with Crippen molar-refractivity contribution in [2.45, 2.75) is 50.8 Å². The lowest BCUT2D eigenvalue weighted by molar-refractivity contribution is 0.206. The highest BCUT2D eigenvalue weighted by Crippen LogP contribution is 2.27. The second-order valence-electron chi connectivity index (χ2n) is 7.92. The van der Waals surface area contributed by atoms with E-state index in [0.717, 1.165) is 43.6 Å². The van der Waals surface area contributed by atoms with Crippen LogP contribution in [0, 0.1) is 11.7 Å². The van der Waals surface area contributed by atoms with Gasteiger partial charge in [0.1, 0.15) is 5.82 Å². The third-order valence-corrected chi connectivity index (χ3v) is 7.25. The van der Waals surface area contributed by atoms with Crippen molar-refractivity contribution in [3.05, 3.63) is 24.0 Å². The molecule has 0 spiro atoms. The van der Waals surface area contributed by atoms with E-state index in [1.807, 2.05) is 18.0 Å². The van der Waals surface area contributed by atoms with Crippen molar-refractivity contribution in [3.8, 4) is 0 Å². The van der Waals surface area contributed by atoms with Crippen LogP contribution in [0.25, 0.3) is 0 Å². The first-order valence-corrected chi connectivity index (χ1v) is 11.5. The number of nitrogens with zero attached hydrogens (tertiary/aromatic N) is 1. The Hall–Kier alpha value is -1.38. The summed E-state index contributed by atoms with van der Waals surface area (Å²) in [7, 11) is 0.346. The standard InChI is InChI=1S/C20H34FN3O3S/c1-15(2)28(25,26)23-18-7-5-16(6-8-18)14-22-19-11-17(21)12-20(13-19)24(3)9-10-27-4/h11-13,15-16,18,22-23H,5-10,14H2,1-4H3/t16-,18-. The SMILES string of the molecule is COCCN(C)c1cc(F)cc(NC[C@H]2CC[C@H](NS(=O)(=O)C(C)C)CC2)c1. The van der Waals surface area contributed by atoms with E-state index in [1.54, 1.807) is 21.0 Å². The molecule has 0 heterocycles. The van der Waals surface area contributed by atoms with Crippen molar-refractivity contribution in [1.82, 2.24) is 4.72 Å². The Morgan fingerprint density at radius 3 is 2.50 bits per heavy atom. The molecule has 1 aromatic carbocycles. The number of nitrogens with one attached hydrogen (secondary N) is 2. The fourth-order valence-electron chi connectivity index (χ4n) is 3.37. The van der Waals surface area contributed by atoms with Crippen LogP contribution in [-0.4, -0.2) is 53.6 Å². The van der Waals surface area contributed by atoms with Gasteiger partial charge in [0.15, 0.2) is 0 Å². The largest absolute Gasteiger partial charge is 0.385 e. The molecule has 0 radical (unpaired) electrons. The summed E-state index contributed by atoms with van der Waals surface area (Å²) in [6.45, 7) is 5.42. The average Bonchev–Trinajstić information content (AvgIpc) is 2.64. The summed E-state index contributed by atoms with van der Waals surface area (Å²) >= 11 is 0. The van der Waals surface area contributed by atoms with Crippen LogP contribution in [0.1, 0.15) is 39.5 Å². The summed E-state index contributed by atoms with van der Waals surface area (Å²) in [5.41, 5.74) is 1.58. The van der Waals surface area contributed by atoms with Crippen LogP contribution in [0.5, 0.6) is 0 Å². The molecule has 1 fully saturated rings. The molecule has 2 N–H and O–H groups in total. The van der Waals surface area contributed by atoms with Crippen molar-refractivity contribution in [1.29, 1.82) is 0 Å². The molecular formula is C20H34FN3O3S. The zero-order valence-corrected chi connectivity index (χ0v) is 18.2. The topological polar surface area (TPSA) is 70.7 Å². The summed E-state index contributed by atoms with van der Waals surface area (Å²) in [5.74, 6) is 0.189. The van der Waals surface area contributed by atoms with Crippen molar-refractivity contribution in [2.24, 2.45) is 5.92 Å². The highest BCUT2D eigenvalue weighted by atomic mass is 32.2. The average molecular weight is 416 g/mol. The maximum absolute atomic E-state index is 14.0. The zero-order valence-electron chi connectivity index (χ0n) is 17.4. The van der Waals surface area contributed by atoms with Crippen molar-refractivity contribution in [3.63, 3.8) is 0 Å². The van der Waals surface area contributed by atoms with Crippen molar-refractivity contribution in [2.75, 3.05) is 44.1 Å². The van der Waals surface area contributed by atoms with Gasteiger partial charge in [0.25, 0.3) is 0 Å². The van der Waals surface area contributed by atoms with Gasteiger partial charge in [-0.2, -0.15) is 0 Å². The third kappa shape index (κ3) is 6.90. The van der Waals surface area contributed by atoms with Crippen LogP contribution < -0.4 is 14.9 Å². The van der Waals surface area contributed by atoms with Gasteiger partial charge < -0.3 is 15.0 Å². The molecule has 0 aliphatic heterocycles. The van der Waals surface area contributed by atoms with E-state index in [1.165, 1.54) is 12.1 Å². The number of likely N-dealkylation sites (N-methyl/N-ethyl adjacent to an activating group) is 1. The summed E-state index contributed by atoms with van der Waals surface area (Å²) in [6.07, 6.45) is 3.58. The lowest BCUT2D eigenvalue weighted by Gasteiger charge is -2.30. The van der Waals surface area contributed by atoms with Crippen LogP contribution in [0.15, 0.2) is 18.2 Å². The fourth-order valence-corrected chi connectivity index (χ4v) is 4.34. The van der Waals surface area contributed by atoms with Crippen LogP contribution in [0.3, 0.4) is 0 Å². The van der Waals surface area contributed by atoms with Crippen LogP contribution in [0.2, 0.25) is 0 Å². The van der Waals surface area contributed by atoms with Gasteiger partial charge in [0, 0.05) is 44.7 Å². The molecule has 1 saturated carbocycles. The second-order valence-corrected chi connectivity index (χ2v) is 10.2. The predicted molar refractivity (Wildman–Crippen MR) is 113 cm³/mol. The number of benzene rings is 1. The summed E-state index contributed by atoms with van der Waals surface area (Å²) < 4.78 is 45.9. The molecule has 8 heteroatoms. The van der Waals surface area contributed by atoms with E-state index in [-0.39, 0.29) is 11.9 Å². The Morgan fingerprint density at radius 2 is 1.89 bits per heavy atom. The van der Waals surface area contributed by atoms with Gasteiger partial charge in [-0.15, -0.1) is 0 Å². The Balaban J connectivity index is 1.84. The van der Waals surface area contributed by atoms with E-state index < -0.39 is 15.3 Å². The van der Waals surface area contributed by atoms with Crippen LogP contribution in [-0.2, 0) is 14.8 Å². The summed E-state index contributed by atoms with van der Waals surface area (Å²) in [6, 6.07) is 5.00. The quantitative estimate of drug-likeness (QED) is 0.614. The fraction of sp³-hybridized carbons (Fsp3) is 0.700. The first-order valence-electron chi connectivity index (χ1n) is 9.97. The van der Waals surface area contributed by atoms with Gasteiger partial charge in [0.05, 0.1) is 11.9 Å². The minimum atomic E-state index is -3.22. The maximum atomic E-state index is 14.0. The Morgan fingerprint density at radius 1 is 1.21 bits per heavy atom. The van der Waals surface area contributed by atoms with Crippen LogP contribution >= 0.6 is 0 Å². The second kappa shape index (κ2) is 10.4. The molecular weight excluding hydrogens is 381 g/mol. The number of ether oxygens (including phenoxy) is 1.